The van der Waals surface area contributed by atoms with Gasteiger partial charge in [-0.2, -0.15) is 8.42 Å². The summed E-state index contributed by atoms with van der Waals surface area (Å²) in [7, 11) is -3.89. The van der Waals surface area contributed by atoms with Gasteiger partial charge >= 0.3 is 0 Å². The van der Waals surface area contributed by atoms with Gasteiger partial charge in [0.25, 0.3) is 10.1 Å². The van der Waals surface area contributed by atoms with E-state index in [-0.39, 0.29) is 5.92 Å². The zero-order valence-electron chi connectivity index (χ0n) is 32.9. The number of rotatable bonds is 35. The van der Waals surface area contributed by atoms with Gasteiger partial charge < -0.3 is 0 Å². The van der Waals surface area contributed by atoms with Gasteiger partial charge in [-0.3, -0.25) is 4.18 Å². The summed E-state index contributed by atoms with van der Waals surface area (Å²) in [6, 6.07) is 7.73. The molecule has 4 heteroatoms. The average molecular weight is 691 g/mol. The topological polar surface area (TPSA) is 43.4 Å². The zero-order chi connectivity index (χ0) is 35.2. The van der Waals surface area contributed by atoms with E-state index in [0.717, 1.165) is 82.6 Å². The fourth-order valence-corrected chi connectivity index (χ4v) is 9.22. The molecule has 0 aliphatic carbocycles. The van der Waals surface area contributed by atoms with E-state index >= 15 is 0 Å². The maximum Gasteiger partial charge on any atom is 0.297 e. The van der Waals surface area contributed by atoms with Crippen LogP contribution in [0, 0.1) is 5.92 Å². The van der Waals surface area contributed by atoms with Crippen molar-refractivity contribution in [1.82, 2.24) is 0 Å². The van der Waals surface area contributed by atoms with Gasteiger partial charge in [-0.25, -0.2) is 0 Å². The quantitative estimate of drug-likeness (QED) is 0.0526. The van der Waals surface area contributed by atoms with Crippen LogP contribution in [0.25, 0.3) is 0 Å². The maximum atomic E-state index is 14.4. The van der Waals surface area contributed by atoms with Crippen molar-refractivity contribution in [3.63, 3.8) is 0 Å². The van der Waals surface area contributed by atoms with E-state index in [0.29, 0.717) is 4.90 Å². The van der Waals surface area contributed by atoms with E-state index in [2.05, 4.69) is 34.6 Å². The van der Waals surface area contributed by atoms with E-state index in [1.54, 1.807) is 0 Å². The van der Waals surface area contributed by atoms with E-state index in [1.807, 2.05) is 24.3 Å². The van der Waals surface area contributed by atoms with Crippen LogP contribution in [0.3, 0.4) is 0 Å². The monoisotopic (exact) mass is 691 g/mol. The molecule has 0 spiro atoms. The van der Waals surface area contributed by atoms with Gasteiger partial charge in [-0.1, -0.05) is 213 Å². The highest BCUT2D eigenvalue weighted by Crippen LogP contribution is 2.42. The summed E-state index contributed by atoms with van der Waals surface area (Å²) >= 11 is 0. The molecule has 1 rings (SSSR count). The molecule has 3 nitrogen and oxygen atoms in total. The minimum Gasteiger partial charge on any atom is -0.259 e. The first-order chi connectivity index (χ1) is 23.4. The summed E-state index contributed by atoms with van der Waals surface area (Å²) in [5.41, 5.74) is 0.334. The Balaban J connectivity index is 2.98. The molecule has 1 unspecified atom stereocenters. The first-order valence-corrected chi connectivity index (χ1v) is 22.8. The van der Waals surface area contributed by atoms with Crippen molar-refractivity contribution < 1.29 is 12.6 Å². The fraction of sp³-hybridized carbons (Fsp3) is 0.864. The van der Waals surface area contributed by atoms with Crippen LogP contribution in [0.15, 0.2) is 29.2 Å². The molecule has 0 heterocycles. The van der Waals surface area contributed by atoms with Gasteiger partial charge in [-0.05, 0) is 56.1 Å². The third kappa shape index (κ3) is 20.1. The van der Waals surface area contributed by atoms with Crippen molar-refractivity contribution in [3.8, 4) is 0 Å². The summed E-state index contributed by atoms with van der Waals surface area (Å²) in [5.74, 6) is 0.286. The summed E-state index contributed by atoms with van der Waals surface area (Å²) in [6.45, 7) is 11.3. The minimum absolute atomic E-state index is 0.286. The number of hydrogen-bond donors (Lipinski definition) is 0. The molecular formula is C44H82O3S. The van der Waals surface area contributed by atoms with Crippen LogP contribution in [0.1, 0.15) is 233 Å². The SMILES string of the molecule is CCCCCCCCCCCCc1ccccc1S(=O)(=O)OC(CCCC)(CCCC)C(CCCC)CCCCCCCCCCCC. The highest BCUT2D eigenvalue weighted by Gasteiger charge is 2.43. The fourth-order valence-electron chi connectivity index (χ4n) is 7.66. The van der Waals surface area contributed by atoms with Crippen LogP contribution in [0.5, 0.6) is 0 Å². The van der Waals surface area contributed by atoms with Gasteiger partial charge in [0.1, 0.15) is 0 Å². The van der Waals surface area contributed by atoms with Crippen LogP contribution < -0.4 is 0 Å². The molecule has 0 bridgehead atoms. The van der Waals surface area contributed by atoms with Crippen LogP contribution >= 0.6 is 0 Å². The second-order valence-corrected chi connectivity index (χ2v) is 16.7. The van der Waals surface area contributed by atoms with Gasteiger partial charge in [-0.15, -0.1) is 0 Å². The first kappa shape index (κ1) is 45.2. The summed E-state index contributed by atoms with van der Waals surface area (Å²) in [6.07, 6.45) is 37.2. The summed E-state index contributed by atoms with van der Waals surface area (Å²) in [5, 5.41) is 0. The van der Waals surface area contributed by atoms with Crippen LogP contribution in [-0.4, -0.2) is 14.0 Å². The second-order valence-electron chi connectivity index (χ2n) is 15.2. The summed E-state index contributed by atoms with van der Waals surface area (Å²) < 4.78 is 35.5. The van der Waals surface area contributed by atoms with Crippen LogP contribution in [-0.2, 0) is 20.7 Å². The third-order valence-corrected chi connectivity index (χ3v) is 12.3. The molecule has 1 aromatic rings. The lowest BCUT2D eigenvalue weighted by Gasteiger charge is -2.41. The maximum absolute atomic E-state index is 14.4. The second kappa shape index (κ2) is 29.8. The Kier molecular flexibility index (Phi) is 28.1. The molecule has 1 aromatic carbocycles. The van der Waals surface area contributed by atoms with E-state index < -0.39 is 15.7 Å². The van der Waals surface area contributed by atoms with Gasteiger partial charge in [0.15, 0.2) is 0 Å². The molecule has 0 radical (unpaired) electrons. The van der Waals surface area contributed by atoms with Crippen molar-refractivity contribution in [2.24, 2.45) is 5.92 Å². The van der Waals surface area contributed by atoms with Crippen molar-refractivity contribution in [1.29, 1.82) is 0 Å². The van der Waals surface area contributed by atoms with Crippen LogP contribution in [0.4, 0.5) is 0 Å². The smallest absolute Gasteiger partial charge is 0.259 e. The number of hydrogen-bond acceptors (Lipinski definition) is 3. The highest BCUT2D eigenvalue weighted by atomic mass is 32.2. The number of benzene rings is 1. The standard InChI is InChI=1S/C44H82O3S/c1-6-11-16-18-20-22-24-26-28-30-34-41-35-32-33-38-43(41)48(45,46)47-44(39-14-9-4,40-15-10-5)42(36-13-8-3)37-31-29-27-25-23-21-19-17-12-7-2/h32-33,35,38,42H,6-31,34,36-37,39-40H2,1-5H3. The molecule has 0 aromatic heterocycles. The van der Waals surface area contributed by atoms with Crippen molar-refractivity contribution in [3.05, 3.63) is 29.8 Å². The summed E-state index contributed by atoms with van der Waals surface area (Å²) in [4.78, 5) is 0.423. The predicted molar refractivity (Wildman–Crippen MR) is 212 cm³/mol. The highest BCUT2D eigenvalue weighted by molar-refractivity contribution is 7.86. The Bertz CT molecular complexity index is 948. The molecule has 48 heavy (non-hydrogen) atoms. The molecule has 0 amide bonds. The molecular weight excluding hydrogens is 609 g/mol. The number of aryl methyl sites for hydroxylation is 1. The Morgan fingerprint density at radius 2 is 0.896 bits per heavy atom. The molecule has 0 saturated carbocycles. The molecule has 0 N–H and O–H groups in total. The third-order valence-electron chi connectivity index (χ3n) is 10.8. The minimum atomic E-state index is -3.89. The molecule has 0 saturated heterocycles. The average Bonchev–Trinajstić information content (AvgIpc) is 3.09. The van der Waals surface area contributed by atoms with Gasteiger partial charge in [0, 0.05) is 0 Å². The van der Waals surface area contributed by atoms with E-state index in [1.165, 1.54) is 122 Å². The Hall–Kier alpha value is -0.870. The van der Waals surface area contributed by atoms with E-state index in [9.17, 15) is 8.42 Å². The lowest BCUT2D eigenvalue weighted by atomic mass is 9.74. The largest absolute Gasteiger partial charge is 0.297 e. The van der Waals surface area contributed by atoms with Gasteiger partial charge in [0.05, 0.1) is 10.5 Å². The molecule has 0 aliphatic heterocycles. The number of unbranched alkanes of at least 4 members (excludes halogenated alkanes) is 21. The molecule has 0 aliphatic rings. The Labute approximate surface area is 301 Å². The van der Waals surface area contributed by atoms with Crippen molar-refractivity contribution in [2.75, 3.05) is 0 Å². The Morgan fingerprint density at radius 3 is 1.38 bits per heavy atom. The molecule has 1 atom stereocenters. The predicted octanol–water partition coefficient (Wildman–Crippen LogP) is 15.1. The van der Waals surface area contributed by atoms with Crippen LogP contribution in [0.2, 0.25) is 0 Å². The van der Waals surface area contributed by atoms with Crippen molar-refractivity contribution in [2.45, 2.75) is 244 Å². The Morgan fingerprint density at radius 1 is 0.500 bits per heavy atom. The van der Waals surface area contributed by atoms with E-state index in [4.69, 9.17) is 4.18 Å². The first-order valence-electron chi connectivity index (χ1n) is 21.4. The molecule has 282 valence electrons. The van der Waals surface area contributed by atoms with Crippen molar-refractivity contribution >= 4 is 10.1 Å². The molecule has 0 fully saturated rings. The normalized spacial score (nSPS) is 12.9. The lowest BCUT2D eigenvalue weighted by molar-refractivity contribution is -0.0153. The lowest BCUT2D eigenvalue weighted by Crippen LogP contribution is -2.43. The van der Waals surface area contributed by atoms with Gasteiger partial charge in [0.2, 0.25) is 0 Å². The zero-order valence-corrected chi connectivity index (χ0v) is 33.8.